The van der Waals surface area contributed by atoms with Crippen LogP contribution in [0.4, 0.5) is 0 Å². The zero-order valence-corrected chi connectivity index (χ0v) is 13.0. The molecular weight excluding hydrogens is 360 g/mol. The zero-order valence-electron chi connectivity index (χ0n) is 9.78. The van der Waals surface area contributed by atoms with Gasteiger partial charge in [0.15, 0.2) is 0 Å². The predicted molar refractivity (Wildman–Crippen MR) is 79.0 cm³/mol. The van der Waals surface area contributed by atoms with Crippen LogP contribution in [-0.4, -0.2) is 5.11 Å². The van der Waals surface area contributed by atoms with Crippen molar-refractivity contribution in [3.8, 4) is 11.5 Å². The molecule has 0 aliphatic heterocycles. The van der Waals surface area contributed by atoms with E-state index in [0.717, 1.165) is 31.6 Å². The van der Waals surface area contributed by atoms with Crippen molar-refractivity contribution in [3.63, 3.8) is 0 Å². The van der Waals surface area contributed by atoms with E-state index in [1.165, 1.54) is 0 Å². The van der Waals surface area contributed by atoms with E-state index in [4.69, 9.17) is 9.84 Å². The molecule has 1 N–H and O–H groups in total. The molecular formula is C14H12Br2O2. The first-order chi connectivity index (χ1) is 8.60. The van der Waals surface area contributed by atoms with Gasteiger partial charge >= 0.3 is 0 Å². The highest BCUT2D eigenvalue weighted by Gasteiger charge is 2.05. The molecule has 0 aliphatic carbocycles. The van der Waals surface area contributed by atoms with Crippen LogP contribution in [0, 0.1) is 6.92 Å². The van der Waals surface area contributed by atoms with Gasteiger partial charge in [0.2, 0.25) is 0 Å². The molecule has 0 fully saturated rings. The standard InChI is InChI=1S/C14H12Br2O2/c1-9-6-11(15)3-5-14(9)18-12-4-2-10(8-17)13(16)7-12/h2-7,17H,8H2,1H3. The highest BCUT2D eigenvalue weighted by atomic mass is 79.9. The van der Waals surface area contributed by atoms with E-state index < -0.39 is 0 Å². The van der Waals surface area contributed by atoms with Crippen LogP contribution in [0.2, 0.25) is 0 Å². The molecule has 0 aromatic heterocycles. The molecule has 0 amide bonds. The number of benzene rings is 2. The number of aliphatic hydroxyl groups is 1. The van der Waals surface area contributed by atoms with Gasteiger partial charge in [-0.25, -0.2) is 0 Å². The fourth-order valence-corrected chi connectivity index (χ4v) is 2.53. The number of hydrogen-bond donors (Lipinski definition) is 1. The number of hydrogen-bond acceptors (Lipinski definition) is 2. The molecule has 94 valence electrons. The van der Waals surface area contributed by atoms with Gasteiger partial charge in [-0.1, -0.05) is 37.9 Å². The summed E-state index contributed by atoms with van der Waals surface area (Å²) in [7, 11) is 0. The van der Waals surface area contributed by atoms with Crippen molar-refractivity contribution >= 4 is 31.9 Å². The van der Waals surface area contributed by atoms with Crippen LogP contribution in [-0.2, 0) is 6.61 Å². The Morgan fingerprint density at radius 2 is 1.89 bits per heavy atom. The molecule has 0 bridgehead atoms. The summed E-state index contributed by atoms with van der Waals surface area (Å²) in [6.07, 6.45) is 0. The quantitative estimate of drug-likeness (QED) is 0.839. The first-order valence-electron chi connectivity index (χ1n) is 5.43. The van der Waals surface area contributed by atoms with Gasteiger partial charge in [0.05, 0.1) is 6.61 Å². The lowest BCUT2D eigenvalue weighted by Crippen LogP contribution is -1.90. The fraction of sp³-hybridized carbons (Fsp3) is 0.143. The second-order valence-electron chi connectivity index (χ2n) is 3.92. The van der Waals surface area contributed by atoms with E-state index >= 15 is 0 Å². The highest BCUT2D eigenvalue weighted by molar-refractivity contribution is 9.10. The van der Waals surface area contributed by atoms with E-state index in [-0.39, 0.29) is 6.61 Å². The minimum Gasteiger partial charge on any atom is -0.457 e. The molecule has 2 rings (SSSR count). The zero-order chi connectivity index (χ0) is 13.1. The minimum atomic E-state index is 0.0121. The number of aryl methyl sites for hydroxylation is 1. The average molecular weight is 372 g/mol. The van der Waals surface area contributed by atoms with Crippen LogP contribution >= 0.6 is 31.9 Å². The first kappa shape index (κ1) is 13.6. The molecule has 2 aromatic rings. The molecule has 4 heteroatoms. The Hall–Kier alpha value is -0.840. The Bertz CT molecular complexity index is 568. The average Bonchev–Trinajstić information content (AvgIpc) is 2.33. The van der Waals surface area contributed by atoms with Crippen molar-refractivity contribution in [1.29, 1.82) is 0 Å². The third-order valence-corrected chi connectivity index (χ3v) is 3.79. The lowest BCUT2D eigenvalue weighted by molar-refractivity contribution is 0.281. The molecule has 0 atom stereocenters. The molecule has 0 heterocycles. The van der Waals surface area contributed by atoms with Crippen molar-refractivity contribution in [2.24, 2.45) is 0 Å². The van der Waals surface area contributed by atoms with E-state index in [1.807, 2.05) is 43.3 Å². The predicted octanol–water partition coefficient (Wildman–Crippen LogP) is 4.80. The number of ether oxygens (including phenoxy) is 1. The summed E-state index contributed by atoms with van der Waals surface area (Å²) >= 11 is 6.82. The van der Waals surface area contributed by atoms with Gasteiger partial charge in [-0.3, -0.25) is 0 Å². The Labute approximate surface area is 123 Å². The Morgan fingerprint density at radius 3 is 2.50 bits per heavy atom. The Balaban J connectivity index is 2.26. The second kappa shape index (κ2) is 5.87. The van der Waals surface area contributed by atoms with Gasteiger partial charge in [0, 0.05) is 8.95 Å². The molecule has 0 radical (unpaired) electrons. The van der Waals surface area contributed by atoms with Gasteiger partial charge in [-0.15, -0.1) is 0 Å². The Kier molecular flexibility index (Phi) is 4.43. The number of aliphatic hydroxyl groups excluding tert-OH is 1. The summed E-state index contributed by atoms with van der Waals surface area (Å²) in [6.45, 7) is 2.01. The van der Waals surface area contributed by atoms with Gasteiger partial charge in [-0.2, -0.15) is 0 Å². The Morgan fingerprint density at radius 1 is 1.11 bits per heavy atom. The lowest BCUT2D eigenvalue weighted by atomic mass is 10.2. The van der Waals surface area contributed by atoms with Crippen LogP contribution in [0.15, 0.2) is 45.3 Å². The first-order valence-corrected chi connectivity index (χ1v) is 7.02. The van der Waals surface area contributed by atoms with E-state index in [1.54, 1.807) is 0 Å². The van der Waals surface area contributed by atoms with Crippen LogP contribution < -0.4 is 4.74 Å². The monoisotopic (exact) mass is 370 g/mol. The van der Waals surface area contributed by atoms with Crippen molar-refractivity contribution in [1.82, 2.24) is 0 Å². The summed E-state index contributed by atoms with van der Waals surface area (Å²) in [6, 6.07) is 11.4. The highest BCUT2D eigenvalue weighted by Crippen LogP contribution is 2.30. The third kappa shape index (κ3) is 3.13. The van der Waals surface area contributed by atoms with E-state index in [9.17, 15) is 0 Å². The molecule has 18 heavy (non-hydrogen) atoms. The van der Waals surface area contributed by atoms with Gasteiger partial charge in [0.1, 0.15) is 11.5 Å². The van der Waals surface area contributed by atoms with Gasteiger partial charge in [0.25, 0.3) is 0 Å². The van der Waals surface area contributed by atoms with Crippen LogP contribution in [0.1, 0.15) is 11.1 Å². The molecule has 0 saturated carbocycles. The fourth-order valence-electron chi connectivity index (χ4n) is 1.57. The lowest BCUT2D eigenvalue weighted by Gasteiger charge is -2.10. The van der Waals surface area contributed by atoms with Crippen LogP contribution in [0.3, 0.4) is 0 Å². The maximum Gasteiger partial charge on any atom is 0.130 e. The summed E-state index contributed by atoms with van der Waals surface area (Å²) < 4.78 is 7.69. The minimum absolute atomic E-state index is 0.0121. The smallest absolute Gasteiger partial charge is 0.130 e. The molecule has 2 nitrogen and oxygen atoms in total. The van der Waals surface area contributed by atoms with Crippen molar-refractivity contribution in [2.45, 2.75) is 13.5 Å². The van der Waals surface area contributed by atoms with Crippen molar-refractivity contribution in [2.75, 3.05) is 0 Å². The van der Waals surface area contributed by atoms with Crippen LogP contribution in [0.5, 0.6) is 11.5 Å². The van der Waals surface area contributed by atoms with Crippen molar-refractivity contribution < 1.29 is 9.84 Å². The summed E-state index contributed by atoms with van der Waals surface area (Å²) in [5.74, 6) is 1.56. The second-order valence-corrected chi connectivity index (χ2v) is 5.69. The van der Waals surface area contributed by atoms with Crippen molar-refractivity contribution in [3.05, 3.63) is 56.5 Å². The van der Waals surface area contributed by atoms with E-state index in [2.05, 4.69) is 31.9 Å². The van der Waals surface area contributed by atoms with E-state index in [0.29, 0.717) is 0 Å². The van der Waals surface area contributed by atoms with Gasteiger partial charge < -0.3 is 9.84 Å². The summed E-state index contributed by atoms with van der Waals surface area (Å²) in [5, 5.41) is 9.10. The maximum atomic E-state index is 9.10. The molecule has 0 aliphatic rings. The van der Waals surface area contributed by atoms with Crippen LogP contribution in [0.25, 0.3) is 0 Å². The molecule has 2 aromatic carbocycles. The summed E-state index contributed by atoms with van der Waals surface area (Å²) in [4.78, 5) is 0. The topological polar surface area (TPSA) is 29.5 Å². The maximum absolute atomic E-state index is 9.10. The molecule has 0 spiro atoms. The van der Waals surface area contributed by atoms with Gasteiger partial charge in [-0.05, 0) is 48.4 Å². The third-order valence-electron chi connectivity index (χ3n) is 2.56. The normalized spacial score (nSPS) is 10.4. The number of rotatable bonds is 3. The molecule has 0 unspecified atom stereocenters. The SMILES string of the molecule is Cc1cc(Br)ccc1Oc1ccc(CO)c(Br)c1. The number of halogens is 2. The largest absolute Gasteiger partial charge is 0.457 e. The summed E-state index contributed by atoms with van der Waals surface area (Å²) in [5.41, 5.74) is 1.90. The molecule has 0 saturated heterocycles.